The van der Waals surface area contributed by atoms with Crippen LogP contribution in [0.4, 0.5) is 4.39 Å². The summed E-state index contributed by atoms with van der Waals surface area (Å²) in [6.07, 6.45) is 2.08. The third-order valence-electron chi connectivity index (χ3n) is 3.82. The first-order chi connectivity index (χ1) is 8.15. The summed E-state index contributed by atoms with van der Waals surface area (Å²) >= 11 is 6.23. The van der Waals surface area contributed by atoms with Crippen molar-refractivity contribution >= 4 is 22.6 Å². The van der Waals surface area contributed by atoms with Crippen molar-refractivity contribution in [2.75, 3.05) is 0 Å². The number of rotatable bonds is 1. The van der Waals surface area contributed by atoms with Gasteiger partial charge < -0.3 is 4.42 Å². The predicted octanol–water partition coefficient (Wildman–Crippen LogP) is 4.69. The van der Waals surface area contributed by atoms with E-state index in [0.29, 0.717) is 11.8 Å². The van der Waals surface area contributed by atoms with Gasteiger partial charge in [0.25, 0.3) is 0 Å². The number of furan rings is 1. The molecular weight excluding hydrogens is 239 g/mol. The van der Waals surface area contributed by atoms with Crippen LogP contribution in [-0.4, -0.2) is 5.38 Å². The summed E-state index contributed by atoms with van der Waals surface area (Å²) in [5.41, 5.74) is 0.756. The van der Waals surface area contributed by atoms with Crippen LogP contribution < -0.4 is 0 Å². The zero-order chi connectivity index (χ0) is 12.0. The number of hydrogen-bond acceptors (Lipinski definition) is 1. The van der Waals surface area contributed by atoms with Crippen LogP contribution in [0.15, 0.2) is 28.7 Å². The fraction of sp³-hybridized carbons (Fsp3) is 0.429. The van der Waals surface area contributed by atoms with Gasteiger partial charge >= 0.3 is 0 Å². The topological polar surface area (TPSA) is 13.1 Å². The Balaban J connectivity index is 2.01. The molecule has 0 radical (unpaired) electrons. The van der Waals surface area contributed by atoms with Crippen LogP contribution in [0.1, 0.15) is 31.4 Å². The molecule has 90 valence electrons. The van der Waals surface area contributed by atoms with E-state index in [-0.39, 0.29) is 11.2 Å². The summed E-state index contributed by atoms with van der Waals surface area (Å²) < 4.78 is 18.9. The monoisotopic (exact) mass is 252 g/mol. The average Bonchev–Trinajstić information content (AvgIpc) is 2.83. The predicted molar refractivity (Wildman–Crippen MR) is 67.0 cm³/mol. The Hall–Kier alpha value is -1.02. The second kappa shape index (κ2) is 4.02. The minimum absolute atomic E-state index is 0.223. The molecule has 1 aliphatic rings. The van der Waals surface area contributed by atoms with Crippen LogP contribution >= 0.6 is 11.6 Å². The van der Waals surface area contributed by atoms with Crippen LogP contribution in [0.3, 0.4) is 0 Å². The maximum absolute atomic E-state index is 13.1. The van der Waals surface area contributed by atoms with Gasteiger partial charge in [-0.2, -0.15) is 0 Å². The lowest BCUT2D eigenvalue weighted by atomic mass is 9.95. The Labute approximate surface area is 105 Å². The first-order valence-electron chi connectivity index (χ1n) is 5.98. The molecule has 3 heteroatoms. The molecule has 3 atom stereocenters. The molecule has 0 aliphatic heterocycles. The highest BCUT2D eigenvalue weighted by Gasteiger charge is 2.34. The standard InChI is InChI=1S/C14H14ClFO/c1-8-11(3-4-12(8)15)14-7-9-6-10(16)2-5-13(9)17-14/h2,5-8,11-12H,3-4H2,1H3. The second-order valence-electron chi connectivity index (χ2n) is 4.89. The van der Waals surface area contributed by atoms with Crippen molar-refractivity contribution in [3.8, 4) is 0 Å². The molecule has 3 unspecified atom stereocenters. The molecule has 1 aromatic heterocycles. The van der Waals surface area contributed by atoms with Crippen molar-refractivity contribution in [3.05, 3.63) is 35.8 Å². The molecule has 0 spiro atoms. The van der Waals surface area contributed by atoms with Gasteiger partial charge in [-0.1, -0.05) is 6.92 Å². The molecular formula is C14H14ClFO. The molecule has 2 aromatic rings. The van der Waals surface area contributed by atoms with Crippen LogP contribution in [0.2, 0.25) is 0 Å². The van der Waals surface area contributed by atoms with Gasteiger partial charge in [0.15, 0.2) is 0 Å². The lowest BCUT2D eigenvalue weighted by Crippen LogP contribution is -2.08. The maximum Gasteiger partial charge on any atom is 0.134 e. The number of hydrogen-bond donors (Lipinski definition) is 0. The largest absolute Gasteiger partial charge is 0.461 e. The zero-order valence-electron chi connectivity index (χ0n) is 9.62. The normalized spacial score (nSPS) is 29.0. The van der Waals surface area contributed by atoms with E-state index in [1.54, 1.807) is 6.07 Å². The third kappa shape index (κ3) is 1.85. The first kappa shape index (κ1) is 11.1. The van der Waals surface area contributed by atoms with Gasteiger partial charge in [-0.05, 0) is 43.0 Å². The molecule has 0 N–H and O–H groups in total. The van der Waals surface area contributed by atoms with Gasteiger partial charge in [0.2, 0.25) is 0 Å². The van der Waals surface area contributed by atoms with Crippen molar-refractivity contribution in [1.29, 1.82) is 0 Å². The van der Waals surface area contributed by atoms with Gasteiger partial charge in [-0.25, -0.2) is 4.39 Å². The summed E-state index contributed by atoms with van der Waals surface area (Å²) in [4.78, 5) is 0. The lowest BCUT2D eigenvalue weighted by molar-refractivity contribution is 0.434. The van der Waals surface area contributed by atoms with Crippen molar-refractivity contribution in [1.82, 2.24) is 0 Å². The van der Waals surface area contributed by atoms with Gasteiger partial charge in [-0.15, -0.1) is 11.6 Å². The minimum Gasteiger partial charge on any atom is -0.461 e. The molecule has 0 bridgehead atoms. The van der Waals surface area contributed by atoms with E-state index < -0.39 is 0 Å². The van der Waals surface area contributed by atoms with Crippen molar-refractivity contribution in [2.24, 2.45) is 5.92 Å². The van der Waals surface area contributed by atoms with Crippen LogP contribution in [-0.2, 0) is 0 Å². The van der Waals surface area contributed by atoms with E-state index in [9.17, 15) is 4.39 Å². The van der Waals surface area contributed by atoms with Crippen LogP contribution in [0.5, 0.6) is 0 Å². The highest BCUT2D eigenvalue weighted by molar-refractivity contribution is 6.21. The number of fused-ring (bicyclic) bond motifs is 1. The van der Waals surface area contributed by atoms with E-state index >= 15 is 0 Å². The van der Waals surface area contributed by atoms with Gasteiger partial charge in [0, 0.05) is 16.7 Å². The molecule has 1 saturated carbocycles. The van der Waals surface area contributed by atoms with Crippen molar-refractivity contribution < 1.29 is 8.81 Å². The summed E-state index contributed by atoms with van der Waals surface area (Å²) in [7, 11) is 0. The van der Waals surface area contributed by atoms with Crippen molar-refractivity contribution in [2.45, 2.75) is 31.1 Å². The Morgan fingerprint density at radius 1 is 1.29 bits per heavy atom. The summed E-state index contributed by atoms with van der Waals surface area (Å²) in [5.74, 6) is 1.51. The third-order valence-corrected chi connectivity index (χ3v) is 4.44. The number of alkyl halides is 1. The highest BCUT2D eigenvalue weighted by atomic mass is 35.5. The number of benzene rings is 1. The number of halogens is 2. The molecule has 17 heavy (non-hydrogen) atoms. The average molecular weight is 253 g/mol. The fourth-order valence-electron chi connectivity index (χ4n) is 2.74. The summed E-state index contributed by atoms with van der Waals surface area (Å²) in [6, 6.07) is 6.58. The fourth-order valence-corrected chi connectivity index (χ4v) is 3.04. The molecule has 3 rings (SSSR count). The van der Waals surface area contributed by atoms with E-state index in [1.165, 1.54) is 12.1 Å². The SMILES string of the molecule is CC1C(Cl)CCC1c1cc2cc(F)ccc2o1. The summed E-state index contributed by atoms with van der Waals surface area (Å²) in [5, 5.41) is 1.06. The van der Waals surface area contributed by atoms with Gasteiger partial charge in [0.1, 0.15) is 17.2 Å². The maximum atomic E-state index is 13.1. The molecule has 1 aliphatic carbocycles. The lowest BCUT2D eigenvalue weighted by Gasteiger charge is -2.14. The Kier molecular flexibility index (Phi) is 2.62. The van der Waals surface area contributed by atoms with Gasteiger partial charge in [0.05, 0.1) is 0 Å². The second-order valence-corrected chi connectivity index (χ2v) is 5.45. The minimum atomic E-state index is -0.223. The molecule has 1 nitrogen and oxygen atoms in total. The zero-order valence-corrected chi connectivity index (χ0v) is 10.4. The van der Waals surface area contributed by atoms with E-state index in [4.69, 9.17) is 16.0 Å². The Morgan fingerprint density at radius 3 is 2.82 bits per heavy atom. The van der Waals surface area contributed by atoms with Crippen LogP contribution in [0, 0.1) is 11.7 Å². The summed E-state index contributed by atoms with van der Waals surface area (Å²) in [6.45, 7) is 2.16. The van der Waals surface area contributed by atoms with E-state index in [2.05, 4.69) is 6.92 Å². The molecule has 1 fully saturated rings. The highest BCUT2D eigenvalue weighted by Crippen LogP contribution is 2.43. The van der Waals surface area contributed by atoms with E-state index in [0.717, 1.165) is 29.6 Å². The van der Waals surface area contributed by atoms with Crippen LogP contribution in [0.25, 0.3) is 11.0 Å². The molecule has 0 saturated heterocycles. The first-order valence-corrected chi connectivity index (χ1v) is 6.42. The molecule has 0 amide bonds. The Morgan fingerprint density at radius 2 is 2.12 bits per heavy atom. The smallest absolute Gasteiger partial charge is 0.134 e. The van der Waals surface area contributed by atoms with Gasteiger partial charge in [-0.3, -0.25) is 0 Å². The molecule has 1 aromatic carbocycles. The quantitative estimate of drug-likeness (QED) is 0.671. The molecule has 1 heterocycles. The Bertz CT molecular complexity index is 548. The van der Waals surface area contributed by atoms with E-state index in [1.807, 2.05) is 6.07 Å². The van der Waals surface area contributed by atoms with Crippen molar-refractivity contribution in [3.63, 3.8) is 0 Å².